The van der Waals surface area contributed by atoms with E-state index in [-0.39, 0.29) is 0 Å². The van der Waals surface area contributed by atoms with Gasteiger partial charge in [-0.25, -0.2) is 0 Å². The third-order valence-corrected chi connectivity index (χ3v) is 3.90. The van der Waals surface area contributed by atoms with Gasteiger partial charge in [-0.2, -0.15) is 0 Å². The second kappa shape index (κ2) is 5.57. The molecule has 98 valence electrons. The maximum absolute atomic E-state index is 3.42. The van der Waals surface area contributed by atoms with Gasteiger partial charge in [0, 0.05) is 23.6 Å². The number of rotatable bonds is 5. The van der Waals surface area contributed by atoms with E-state index in [2.05, 4.69) is 55.9 Å². The van der Waals surface area contributed by atoms with E-state index in [9.17, 15) is 0 Å². The molecule has 0 amide bonds. The summed E-state index contributed by atoms with van der Waals surface area (Å²) < 4.78 is 2.32. The first-order valence-corrected chi connectivity index (χ1v) is 6.96. The molecule has 1 aromatic heterocycles. The summed E-state index contributed by atoms with van der Waals surface area (Å²) in [4.78, 5) is 0. The fourth-order valence-electron chi connectivity index (χ4n) is 2.62. The van der Waals surface area contributed by atoms with Gasteiger partial charge in [-0.05, 0) is 56.1 Å². The molecule has 0 radical (unpaired) electrons. The number of nitrogens with one attached hydrogen (secondary N) is 1. The van der Waals surface area contributed by atoms with Crippen LogP contribution >= 0.6 is 0 Å². The third kappa shape index (κ3) is 2.30. The van der Waals surface area contributed by atoms with Gasteiger partial charge in [-0.1, -0.05) is 19.9 Å². The van der Waals surface area contributed by atoms with Crippen LogP contribution in [0.1, 0.15) is 30.7 Å². The summed E-state index contributed by atoms with van der Waals surface area (Å²) >= 11 is 0. The van der Waals surface area contributed by atoms with Gasteiger partial charge < -0.3 is 9.88 Å². The van der Waals surface area contributed by atoms with Crippen LogP contribution in [0.5, 0.6) is 0 Å². The molecule has 0 aliphatic heterocycles. The van der Waals surface area contributed by atoms with Crippen molar-refractivity contribution in [3.05, 3.63) is 35.0 Å². The highest BCUT2D eigenvalue weighted by atomic mass is 14.9. The quantitative estimate of drug-likeness (QED) is 0.799. The number of aromatic nitrogens is 1. The van der Waals surface area contributed by atoms with E-state index in [0.29, 0.717) is 0 Å². The van der Waals surface area contributed by atoms with Crippen LogP contribution in [0.3, 0.4) is 0 Å². The summed E-state index contributed by atoms with van der Waals surface area (Å²) in [6.07, 6.45) is 2.22. The minimum atomic E-state index is 1.05. The second-order valence-electron chi connectivity index (χ2n) is 4.93. The van der Waals surface area contributed by atoms with Crippen LogP contribution in [0, 0.1) is 6.92 Å². The molecule has 2 aromatic rings. The largest absolute Gasteiger partial charge is 0.348 e. The van der Waals surface area contributed by atoms with E-state index in [1.165, 1.54) is 27.7 Å². The molecule has 0 aliphatic carbocycles. The molecule has 1 aromatic carbocycles. The smallest absolute Gasteiger partial charge is 0.0482 e. The van der Waals surface area contributed by atoms with E-state index < -0.39 is 0 Å². The molecule has 0 bridgehead atoms. The zero-order valence-corrected chi connectivity index (χ0v) is 12.0. The van der Waals surface area contributed by atoms with Gasteiger partial charge in [0.05, 0.1) is 0 Å². The van der Waals surface area contributed by atoms with E-state index in [1.54, 1.807) is 0 Å². The van der Waals surface area contributed by atoms with Crippen molar-refractivity contribution in [3.8, 4) is 0 Å². The van der Waals surface area contributed by atoms with Crippen molar-refractivity contribution in [2.24, 2.45) is 7.05 Å². The number of nitrogens with zero attached hydrogens (tertiary/aromatic N) is 1. The Morgan fingerprint density at radius 1 is 1.22 bits per heavy atom. The number of likely N-dealkylation sites (N-methyl/N-ethyl adjacent to an activating group) is 1. The zero-order chi connectivity index (χ0) is 13.1. The van der Waals surface area contributed by atoms with Crippen molar-refractivity contribution < 1.29 is 0 Å². The van der Waals surface area contributed by atoms with E-state index in [1.807, 2.05) is 0 Å². The topological polar surface area (TPSA) is 17.0 Å². The van der Waals surface area contributed by atoms with E-state index >= 15 is 0 Å². The summed E-state index contributed by atoms with van der Waals surface area (Å²) in [6.45, 7) is 8.71. The molecule has 1 heterocycles. The molecular weight excluding hydrogens is 220 g/mol. The van der Waals surface area contributed by atoms with Gasteiger partial charge in [0.25, 0.3) is 0 Å². The highest BCUT2D eigenvalue weighted by Crippen LogP contribution is 2.26. The van der Waals surface area contributed by atoms with Crippen LogP contribution in [0.4, 0.5) is 0 Å². The molecule has 2 nitrogen and oxygen atoms in total. The molecular formula is C16H24N2. The monoisotopic (exact) mass is 244 g/mol. The Hall–Kier alpha value is -1.28. The van der Waals surface area contributed by atoms with Crippen LogP contribution in [0.2, 0.25) is 0 Å². The Bertz CT molecular complexity index is 538. The Morgan fingerprint density at radius 3 is 2.67 bits per heavy atom. The van der Waals surface area contributed by atoms with Crippen molar-refractivity contribution in [1.29, 1.82) is 0 Å². The zero-order valence-electron chi connectivity index (χ0n) is 12.0. The molecule has 1 N–H and O–H groups in total. The number of hydrogen-bond donors (Lipinski definition) is 1. The number of benzene rings is 1. The van der Waals surface area contributed by atoms with Gasteiger partial charge in [-0.15, -0.1) is 0 Å². The third-order valence-electron chi connectivity index (χ3n) is 3.90. The first-order valence-electron chi connectivity index (χ1n) is 6.96. The molecule has 2 rings (SSSR count). The number of aryl methyl sites for hydroxylation is 2. The molecule has 0 saturated heterocycles. The lowest BCUT2D eigenvalue weighted by atomic mass is 10.0. The highest BCUT2D eigenvalue weighted by Gasteiger charge is 2.11. The lowest BCUT2D eigenvalue weighted by Crippen LogP contribution is -2.16. The van der Waals surface area contributed by atoms with E-state index in [4.69, 9.17) is 0 Å². The summed E-state index contributed by atoms with van der Waals surface area (Å²) in [5.41, 5.74) is 5.69. The average molecular weight is 244 g/mol. The molecule has 0 atom stereocenters. The SMILES string of the molecule is CCNCCc1c(C)n(C)c2ccc(CC)cc12. The van der Waals surface area contributed by atoms with E-state index in [0.717, 1.165) is 25.9 Å². The van der Waals surface area contributed by atoms with Crippen molar-refractivity contribution in [3.63, 3.8) is 0 Å². The average Bonchev–Trinajstić information content (AvgIpc) is 2.63. The fourth-order valence-corrected chi connectivity index (χ4v) is 2.62. The van der Waals surface area contributed by atoms with Gasteiger partial charge >= 0.3 is 0 Å². The van der Waals surface area contributed by atoms with Crippen molar-refractivity contribution in [1.82, 2.24) is 9.88 Å². The minimum Gasteiger partial charge on any atom is -0.348 e. The van der Waals surface area contributed by atoms with Crippen molar-refractivity contribution in [2.75, 3.05) is 13.1 Å². The molecule has 2 heteroatoms. The summed E-state index contributed by atoms with van der Waals surface area (Å²) in [7, 11) is 2.17. The van der Waals surface area contributed by atoms with Gasteiger partial charge in [-0.3, -0.25) is 0 Å². The maximum atomic E-state index is 3.42. The summed E-state index contributed by atoms with van der Waals surface area (Å²) in [5, 5.41) is 4.85. The minimum absolute atomic E-state index is 1.05. The predicted octanol–water partition coefficient (Wildman–Crippen LogP) is 3.20. The standard InChI is InChI=1S/C16H24N2/c1-5-13-7-8-16-15(11-13)14(9-10-17-6-2)12(3)18(16)4/h7-8,11,17H,5-6,9-10H2,1-4H3. The van der Waals surface area contributed by atoms with Gasteiger partial charge in [0.15, 0.2) is 0 Å². The summed E-state index contributed by atoms with van der Waals surface area (Å²) in [6, 6.07) is 6.87. The highest BCUT2D eigenvalue weighted by molar-refractivity contribution is 5.86. The molecule has 18 heavy (non-hydrogen) atoms. The van der Waals surface area contributed by atoms with Crippen LogP contribution in [-0.4, -0.2) is 17.7 Å². The molecule has 0 aliphatic rings. The van der Waals surface area contributed by atoms with Crippen LogP contribution in [0.25, 0.3) is 10.9 Å². The first-order chi connectivity index (χ1) is 8.69. The lowest BCUT2D eigenvalue weighted by Gasteiger charge is -2.03. The molecule has 0 saturated carbocycles. The lowest BCUT2D eigenvalue weighted by molar-refractivity contribution is 0.714. The molecule has 0 fully saturated rings. The molecule has 0 unspecified atom stereocenters. The Kier molecular flexibility index (Phi) is 4.07. The van der Waals surface area contributed by atoms with Crippen LogP contribution in [0.15, 0.2) is 18.2 Å². The maximum Gasteiger partial charge on any atom is 0.0482 e. The summed E-state index contributed by atoms with van der Waals surface area (Å²) in [5.74, 6) is 0. The molecule has 0 spiro atoms. The normalized spacial score (nSPS) is 11.3. The predicted molar refractivity (Wildman–Crippen MR) is 79.3 cm³/mol. The second-order valence-corrected chi connectivity index (χ2v) is 4.93. The fraction of sp³-hybridized carbons (Fsp3) is 0.500. The Balaban J connectivity index is 2.45. The Labute approximate surface area is 110 Å². The first kappa shape index (κ1) is 13.2. The Morgan fingerprint density at radius 2 is 2.00 bits per heavy atom. The van der Waals surface area contributed by atoms with Gasteiger partial charge in [0.1, 0.15) is 0 Å². The van der Waals surface area contributed by atoms with Crippen LogP contribution in [-0.2, 0) is 19.9 Å². The van der Waals surface area contributed by atoms with Crippen molar-refractivity contribution >= 4 is 10.9 Å². The number of hydrogen-bond acceptors (Lipinski definition) is 1. The van der Waals surface area contributed by atoms with Crippen LogP contribution < -0.4 is 5.32 Å². The number of fused-ring (bicyclic) bond motifs is 1. The van der Waals surface area contributed by atoms with Crippen molar-refractivity contribution in [2.45, 2.75) is 33.6 Å². The van der Waals surface area contributed by atoms with Gasteiger partial charge in [0.2, 0.25) is 0 Å².